The van der Waals surface area contributed by atoms with E-state index >= 15 is 0 Å². The Morgan fingerprint density at radius 3 is 1.83 bits per heavy atom. The van der Waals surface area contributed by atoms with E-state index in [1.165, 1.54) is 77.0 Å². The zero-order valence-electron chi connectivity index (χ0n) is 15.9. The van der Waals surface area contributed by atoms with E-state index < -0.39 is 0 Å². The highest BCUT2D eigenvalue weighted by atomic mass is 32.1. The summed E-state index contributed by atoms with van der Waals surface area (Å²) in [6, 6.07) is 0. The molecular formula is C21H40O2S. The van der Waals surface area contributed by atoms with Crippen molar-refractivity contribution in [3.63, 3.8) is 0 Å². The van der Waals surface area contributed by atoms with Gasteiger partial charge >= 0.3 is 5.97 Å². The average molecular weight is 357 g/mol. The molecule has 0 amide bonds. The number of carbonyl (C=O) groups is 1. The summed E-state index contributed by atoms with van der Waals surface area (Å²) in [5.41, 5.74) is 0. The average Bonchev–Trinajstić information content (AvgIpc) is 2.59. The maximum absolute atomic E-state index is 11.3. The molecule has 0 aliphatic carbocycles. The van der Waals surface area contributed by atoms with Crippen LogP contribution in [-0.2, 0) is 9.53 Å². The van der Waals surface area contributed by atoms with Crippen LogP contribution in [-0.4, -0.2) is 18.3 Å². The summed E-state index contributed by atoms with van der Waals surface area (Å²) in [6.45, 7) is 2.67. The monoisotopic (exact) mass is 356 g/mol. The van der Waals surface area contributed by atoms with Crippen LogP contribution in [0.4, 0.5) is 0 Å². The molecule has 0 aromatic heterocycles. The third-order valence-electron chi connectivity index (χ3n) is 4.23. The summed E-state index contributed by atoms with van der Waals surface area (Å²) in [5, 5.41) is 0. The smallest absolute Gasteiger partial charge is 0.305 e. The number of allylic oxidation sites excluding steroid dienone is 2. The first-order valence-corrected chi connectivity index (χ1v) is 10.9. The van der Waals surface area contributed by atoms with Gasteiger partial charge in [-0.1, -0.05) is 83.3 Å². The van der Waals surface area contributed by atoms with Gasteiger partial charge in [0.1, 0.15) is 6.61 Å². The molecule has 0 saturated heterocycles. The van der Waals surface area contributed by atoms with Gasteiger partial charge in [0.05, 0.1) is 0 Å². The standard InChI is InChI=1S/C21H40O2S/c1-2-3-4-5-6-7-8-9-10-11-12-13-14-15-16-17-18-21(22)23-19-20-24/h4-5,24H,2-3,6-20H2,1H3/b5-4+. The van der Waals surface area contributed by atoms with Gasteiger partial charge in [0, 0.05) is 12.2 Å². The zero-order chi connectivity index (χ0) is 17.7. The molecule has 0 unspecified atom stereocenters. The molecule has 0 rings (SSSR count). The van der Waals surface area contributed by atoms with Crippen LogP contribution in [0.5, 0.6) is 0 Å². The van der Waals surface area contributed by atoms with Crippen LogP contribution in [0, 0.1) is 0 Å². The van der Waals surface area contributed by atoms with E-state index in [0.29, 0.717) is 18.8 Å². The molecule has 3 heteroatoms. The second kappa shape index (κ2) is 20.6. The van der Waals surface area contributed by atoms with Crippen LogP contribution < -0.4 is 0 Å². The van der Waals surface area contributed by atoms with Gasteiger partial charge in [-0.2, -0.15) is 12.6 Å². The second-order valence-corrected chi connectivity index (χ2v) is 7.08. The van der Waals surface area contributed by atoms with Crippen molar-refractivity contribution in [2.75, 3.05) is 12.4 Å². The van der Waals surface area contributed by atoms with E-state index in [9.17, 15) is 4.79 Å². The van der Waals surface area contributed by atoms with Crippen molar-refractivity contribution >= 4 is 18.6 Å². The third-order valence-corrected chi connectivity index (χ3v) is 4.41. The lowest BCUT2D eigenvalue weighted by Gasteiger charge is -2.04. The fourth-order valence-electron chi connectivity index (χ4n) is 2.76. The van der Waals surface area contributed by atoms with Crippen LogP contribution in [0.1, 0.15) is 103 Å². The molecule has 24 heavy (non-hydrogen) atoms. The predicted molar refractivity (Wildman–Crippen MR) is 109 cm³/mol. The molecule has 0 aromatic carbocycles. The van der Waals surface area contributed by atoms with Crippen molar-refractivity contribution < 1.29 is 9.53 Å². The van der Waals surface area contributed by atoms with Gasteiger partial charge in [-0.3, -0.25) is 4.79 Å². The second-order valence-electron chi connectivity index (χ2n) is 6.63. The van der Waals surface area contributed by atoms with Gasteiger partial charge in [-0.25, -0.2) is 0 Å². The Labute approximate surface area is 156 Å². The predicted octanol–water partition coefficient (Wildman–Crippen LogP) is 6.89. The van der Waals surface area contributed by atoms with Gasteiger partial charge in [0.15, 0.2) is 0 Å². The molecule has 0 N–H and O–H groups in total. The summed E-state index contributed by atoms with van der Waals surface area (Å²) in [4.78, 5) is 11.3. The number of rotatable bonds is 18. The van der Waals surface area contributed by atoms with Crippen LogP contribution in [0.2, 0.25) is 0 Å². The van der Waals surface area contributed by atoms with Crippen molar-refractivity contribution in [3.05, 3.63) is 12.2 Å². The maximum atomic E-state index is 11.3. The molecule has 0 aromatic rings. The molecule has 0 saturated carbocycles. The van der Waals surface area contributed by atoms with Gasteiger partial charge in [-0.15, -0.1) is 0 Å². The number of thiol groups is 1. The SMILES string of the molecule is CCC/C=C/CCCCCCCCCCCCCC(=O)OCCS. The molecule has 0 heterocycles. The van der Waals surface area contributed by atoms with Gasteiger partial charge in [0.2, 0.25) is 0 Å². The Balaban J connectivity index is 3.09. The van der Waals surface area contributed by atoms with Crippen molar-refractivity contribution in [1.82, 2.24) is 0 Å². The maximum Gasteiger partial charge on any atom is 0.305 e. The fourth-order valence-corrected chi connectivity index (χ4v) is 2.85. The van der Waals surface area contributed by atoms with Gasteiger partial charge in [0.25, 0.3) is 0 Å². The lowest BCUT2D eigenvalue weighted by Crippen LogP contribution is -2.06. The molecule has 0 aliphatic rings. The summed E-state index contributed by atoms with van der Waals surface area (Å²) >= 11 is 4.02. The van der Waals surface area contributed by atoms with Gasteiger partial charge in [-0.05, 0) is 25.7 Å². The number of hydrogen-bond acceptors (Lipinski definition) is 3. The minimum atomic E-state index is -0.0649. The molecule has 0 aliphatic heterocycles. The van der Waals surface area contributed by atoms with E-state index in [4.69, 9.17) is 4.74 Å². The van der Waals surface area contributed by atoms with Crippen LogP contribution in [0.15, 0.2) is 12.2 Å². The van der Waals surface area contributed by atoms with Crippen LogP contribution in [0.25, 0.3) is 0 Å². The molecule has 0 spiro atoms. The molecule has 142 valence electrons. The van der Waals surface area contributed by atoms with Crippen molar-refractivity contribution in [1.29, 1.82) is 0 Å². The number of hydrogen-bond donors (Lipinski definition) is 1. The number of unbranched alkanes of at least 4 members (excludes halogenated alkanes) is 12. The van der Waals surface area contributed by atoms with Crippen molar-refractivity contribution in [3.8, 4) is 0 Å². The Hall–Kier alpha value is -0.440. The Bertz CT molecular complexity index is 290. The molecule has 0 radical (unpaired) electrons. The van der Waals surface area contributed by atoms with Crippen LogP contribution in [0.3, 0.4) is 0 Å². The van der Waals surface area contributed by atoms with E-state index in [1.807, 2.05) is 0 Å². The highest BCUT2D eigenvalue weighted by Crippen LogP contribution is 2.13. The minimum absolute atomic E-state index is 0.0649. The topological polar surface area (TPSA) is 26.3 Å². The third kappa shape index (κ3) is 19.6. The minimum Gasteiger partial charge on any atom is -0.465 e. The number of ether oxygens (including phenoxy) is 1. The lowest BCUT2D eigenvalue weighted by atomic mass is 10.0. The van der Waals surface area contributed by atoms with Crippen LogP contribution >= 0.6 is 12.6 Å². The molecular weight excluding hydrogens is 316 g/mol. The first-order chi connectivity index (χ1) is 11.8. The van der Waals surface area contributed by atoms with E-state index in [1.54, 1.807) is 0 Å². The summed E-state index contributed by atoms with van der Waals surface area (Å²) in [6.07, 6.45) is 23.4. The van der Waals surface area contributed by atoms with E-state index in [0.717, 1.165) is 12.8 Å². The van der Waals surface area contributed by atoms with Crippen molar-refractivity contribution in [2.45, 2.75) is 103 Å². The fraction of sp³-hybridized carbons (Fsp3) is 0.857. The van der Waals surface area contributed by atoms with E-state index in [2.05, 4.69) is 31.7 Å². The van der Waals surface area contributed by atoms with Crippen molar-refractivity contribution in [2.24, 2.45) is 0 Å². The Kier molecular flexibility index (Phi) is 20.2. The normalized spacial score (nSPS) is 11.2. The first kappa shape index (κ1) is 23.6. The van der Waals surface area contributed by atoms with Gasteiger partial charge < -0.3 is 4.74 Å². The molecule has 0 atom stereocenters. The summed E-state index contributed by atoms with van der Waals surface area (Å²) < 4.78 is 5.00. The lowest BCUT2D eigenvalue weighted by molar-refractivity contribution is -0.143. The first-order valence-electron chi connectivity index (χ1n) is 10.2. The Morgan fingerprint density at radius 1 is 0.792 bits per heavy atom. The summed E-state index contributed by atoms with van der Waals surface area (Å²) in [5.74, 6) is 0.548. The summed E-state index contributed by atoms with van der Waals surface area (Å²) in [7, 11) is 0. The largest absolute Gasteiger partial charge is 0.465 e. The number of esters is 1. The molecule has 0 bridgehead atoms. The molecule has 0 fully saturated rings. The molecule has 2 nitrogen and oxygen atoms in total. The zero-order valence-corrected chi connectivity index (χ0v) is 16.8. The quantitative estimate of drug-likeness (QED) is 0.125. The highest BCUT2D eigenvalue weighted by Gasteiger charge is 2.01. The highest BCUT2D eigenvalue weighted by molar-refractivity contribution is 7.80. The number of carbonyl (C=O) groups excluding carboxylic acids is 1. The van der Waals surface area contributed by atoms with E-state index in [-0.39, 0.29) is 5.97 Å². The Morgan fingerprint density at radius 2 is 1.29 bits per heavy atom.